The SMILES string of the molecule is CCC1(F)CC=C(CC(=O)c2cc3n(n2)CC[C@@H]3c2ccccc2)C1. The maximum atomic E-state index is 14.3. The number of alkyl halides is 1. The molecule has 1 unspecified atom stereocenters. The van der Waals surface area contributed by atoms with Crippen LogP contribution in [0, 0.1) is 0 Å². The number of hydrogen-bond acceptors (Lipinski definition) is 2. The predicted molar refractivity (Wildman–Crippen MR) is 95.5 cm³/mol. The van der Waals surface area contributed by atoms with E-state index < -0.39 is 5.67 Å². The summed E-state index contributed by atoms with van der Waals surface area (Å²) in [5, 5.41) is 4.51. The van der Waals surface area contributed by atoms with Crippen molar-refractivity contribution in [3.63, 3.8) is 0 Å². The Hall–Kier alpha value is -2.23. The molecule has 3 nitrogen and oxygen atoms in total. The highest BCUT2D eigenvalue weighted by Crippen LogP contribution is 2.38. The second kappa shape index (κ2) is 6.25. The van der Waals surface area contributed by atoms with Crippen molar-refractivity contribution in [1.82, 2.24) is 9.78 Å². The molecule has 130 valence electrons. The van der Waals surface area contributed by atoms with E-state index in [0.29, 0.717) is 30.9 Å². The molecule has 2 atom stereocenters. The van der Waals surface area contributed by atoms with Crippen molar-refractivity contribution in [2.45, 2.75) is 57.2 Å². The summed E-state index contributed by atoms with van der Waals surface area (Å²) in [5.41, 5.74) is 2.67. The molecule has 0 fully saturated rings. The van der Waals surface area contributed by atoms with Gasteiger partial charge in [-0.3, -0.25) is 9.48 Å². The molecule has 2 aliphatic rings. The van der Waals surface area contributed by atoms with Crippen LogP contribution in [-0.4, -0.2) is 21.2 Å². The number of aromatic nitrogens is 2. The van der Waals surface area contributed by atoms with Crippen molar-refractivity contribution < 1.29 is 9.18 Å². The van der Waals surface area contributed by atoms with Crippen LogP contribution < -0.4 is 0 Å². The van der Waals surface area contributed by atoms with Crippen LogP contribution in [0.15, 0.2) is 48.0 Å². The van der Waals surface area contributed by atoms with Gasteiger partial charge in [-0.1, -0.05) is 48.9 Å². The molecule has 25 heavy (non-hydrogen) atoms. The van der Waals surface area contributed by atoms with Crippen LogP contribution in [0.2, 0.25) is 0 Å². The van der Waals surface area contributed by atoms with E-state index in [-0.39, 0.29) is 12.2 Å². The highest BCUT2D eigenvalue weighted by molar-refractivity contribution is 5.96. The van der Waals surface area contributed by atoms with Gasteiger partial charge < -0.3 is 0 Å². The first-order valence-electron chi connectivity index (χ1n) is 9.11. The monoisotopic (exact) mass is 338 g/mol. The number of benzene rings is 1. The maximum Gasteiger partial charge on any atom is 0.187 e. The molecule has 1 aliphatic carbocycles. The van der Waals surface area contributed by atoms with E-state index in [4.69, 9.17) is 0 Å². The smallest absolute Gasteiger partial charge is 0.187 e. The molecule has 0 saturated heterocycles. The molecule has 0 bridgehead atoms. The third kappa shape index (κ3) is 3.06. The summed E-state index contributed by atoms with van der Waals surface area (Å²) in [4.78, 5) is 12.6. The van der Waals surface area contributed by atoms with Gasteiger partial charge in [0, 0.05) is 31.0 Å². The Morgan fingerprint density at radius 3 is 2.88 bits per heavy atom. The molecule has 0 spiro atoms. The third-order valence-corrected chi connectivity index (χ3v) is 5.61. The van der Waals surface area contributed by atoms with E-state index in [1.807, 2.05) is 41.9 Å². The quantitative estimate of drug-likeness (QED) is 0.578. The largest absolute Gasteiger partial charge is 0.292 e. The minimum Gasteiger partial charge on any atom is -0.292 e. The zero-order chi connectivity index (χ0) is 17.4. The normalized spacial score (nSPS) is 25.0. The minimum atomic E-state index is -1.15. The van der Waals surface area contributed by atoms with Gasteiger partial charge in [0.1, 0.15) is 11.4 Å². The van der Waals surface area contributed by atoms with Gasteiger partial charge in [0.05, 0.1) is 0 Å². The number of carbonyl (C=O) groups excluding carboxylic acids is 1. The molecule has 1 aromatic carbocycles. The Bertz CT molecular complexity index is 824. The number of hydrogen-bond donors (Lipinski definition) is 0. The molecule has 0 saturated carbocycles. The van der Waals surface area contributed by atoms with Crippen LogP contribution in [0.1, 0.15) is 66.7 Å². The molecule has 1 aromatic heterocycles. The van der Waals surface area contributed by atoms with Gasteiger partial charge in [-0.2, -0.15) is 5.10 Å². The van der Waals surface area contributed by atoms with Crippen LogP contribution in [0.4, 0.5) is 4.39 Å². The lowest BCUT2D eigenvalue weighted by Gasteiger charge is -2.16. The van der Waals surface area contributed by atoms with Gasteiger partial charge in [0.15, 0.2) is 5.78 Å². The van der Waals surface area contributed by atoms with Gasteiger partial charge in [-0.05, 0) is 30.9 Å². The lowest BCUT2D eigenvalue weighted by Crippen LogP contribution is -2.17. The summed E-state index contributed by atoms with van der Waals surface area (Å²) >= 11 is 0. The number of carbonyl (C=O) groups is 1. The summed E-state index contributed by atoms with van der Waals surface area (Å²) in [6.07, 6.45) is 4.53. The molecular formula is C21H23FN2O. The summed E-state index contributed by atoms with van der Waals surface area (Å²) < 4.78 is 16.3. The summed E-state index contributed by atoms with van der Waals surface area (Å²) in [7, 11) is 0. The second-order valence-corrected chi connectivity index (χ2v) is 7.28. The fraction of sp³-hybridized carbons (Fsp3) is 0.429. The Balaban J connectivity index is 1.49. The molecule has 0 N–H and O–H groups in total. The first-order valence-corrected chi connectivity index (χ1v) is 9.11. The first-order chi connectivity index (χ1) is 12.1. The van der Waals surface area contributed by atoms with E-state index in [0.717, 1.165) is 24.2 Å². The number of ketones is 1. The van der Waals surface area contributed by atoms with Crippen LogP contribution in [0.25, 0.3) is 0 Å². The average molecular weight is 338 g/mol. The summed E-state index contributed by atoms with van der Waals surface area (Å²) in [6.45, 7) is 2.70. The average Bonchev–Trinajstić information content (AvgIpc) is 3.30. The fourth-order valence-corrected chi connectivity index (χ4v) is 4.03. The van der Waals surface area contributed by atoms with Gasteiger partial charge in [-0.15, -0.1) is 0 Å². The molecule has 4 heteroatoms. The molecular weight excluding hydrogens is 315 g/mol. The van der Waals surface area contributed by atoms with E-state index in [1.54, 1.807) is 0 Å². The van der Waals surface area contributed by atoms with Gasteiger partial charge in [0.25, 0.3) is 0 Å². The van der Waals surface area contributed by atoms with Gasteiger partial charge in [0.2, 0.25) is 0 Å². The van der Waals surface area contributed by atoms with Gasteiger partial charge >= 0.3 is 0 Å². The molecule has 0 amide bonds. The maximum absolute atomic E-state index is 14.3. The number of aryl methyl sites for hydroxylation is 1. The van der Waals surface area contributed by atoms with E-state index in [1.165, 1.54) is 5.56 Å². The van der Waals surface area contributed by atoms with E-state index in [9.17, 15) is 9.18 Å². The molecule has 1 aliphatic heterocycles. The van der Waals surface area contributed by atoms with Crippen LogP contribution in [0.5, 0.6) is 0 Å². The second-order valence-electron chi connectivity index (χ2n) is 7.28. The van der Waals surface area contributed by atoms with Gasteiger partial charge in [-0.25, -0.2) is 4.39 Å². The minimum absolute atomic E-state index is 0.000291. The Kier molecular flexibility index (Phi) is 4.06. The molecule has 2 aromatic rings. The van der Waals surface area contributed by atoms with Crippen LogP contribution in [0.3, 0.4) is 0 Å². The lowest BCUT2D eigenvalue weighted by molar-refractivity contribution is 0.0984. The van der Waals surface area contributed by atoms with Crippen molar-refractivity contribution in [3.05, 3.63) is 65.0 Å². The number of fused-ring (bicyclic) bond motifs is 1. The van der Waals surface area contributed by atoms with Crippen LogP contribution in [-0.2, 0) is 6.54 Å². The van der Waals surface area contributed by atoms with Crippen molar-refractivity contribution in [1.29, 1.82) is 0 Å². The van der Waals surface area contributed by atoms with Crippen LogP contribution >= 0.6 is 0 Å². The zero-order valence-electron chi connectivity index (χ0n) is 14.5. The van der Waals surface area contributed by atoms with Crippen molar-refractivity contribution in [3.8, 4) is 0 Å². The molecule has 0 radical (unpaired) electrons. The predicted octanol–water partition coefficient (Wildman–Crippen LogP) is 4.83. The highest BCUT2D eigenvalue weighted by atomic mass is 19.1. The summed E-state index contributed by atoms with van der Waals surface area (Å²) in [5.74, 6) is 0.305. The number of allylic oxidation sites excluding steroid dienone is 2. The zero-order valence-corrected chi connectivity index (χ0v) is 14.5. The Morgan fingerprint density at radius 1 is 1.36 bits per heavy atom. The topological polar surface area (TPSA) is 34.9 Å². The first kappa shape index (κ1) is 16.2. The van der Waals surface area contributed by atoms with E-state index in [2.05, 4.69) is 17.2 Å². The number of nitrogens with zero attached hydrogens (tertiary/aromatic N) is 2. The van der Waals surface area contributed by atoms with E-state index >= 15 is 0 Å². The number of rotatable bonds is 5. The third-order valence-electron chi connectivity index (χ3n) is 5.61. The highest BCUT2D eigenvalue weighted by Gasteiger charge is 2.34. The van der Waals surface area contributed by atoms with Crippen molar-refractivity contribution in [2.75, 3.05) is 0 Å². The molecule has 2 heterocycles. The van der Waals surface area contributed by atoms with Crippen molar-refractivity contribution >= 4 is 5.78 Å². The number of halogens is 1. The standard InChI is InChI=1S/C21H23FN2O/c1-2-21(22)10-8-15(14-21)12-20(25)18-13-19-17(9-11-24(19)23-18)16-6-4-3-5-7-16/h3-8,13,17H,2,9-12,14H2,1H3/t17-,21?/m1/s1. The fourth-order valence-electron chi connectivity index (χ4n) is 4.03. The lowest BCUT2D eigenvalue weighted by atomic mass is 9.94. The molecule has 4 rings (SSSR count). The Labute approximate surface area is 147 Å². The summed E-state index contributed by atoms with van der Waals surface area (Å²) in [6, 6.07) is 12.3. The number of Topliss-reactive ketones (excluding diaryl/α,β-unsaturated/α-hetero) is 1. The Morgan fingerprint density at radius 2 is 2.16 bits per heavy atom. The van der Waals surface area contributed by atoms with Crippen molar-refractivity contribution in [2.24, 2.45) is 0 Å².